The summed E-state index contributed by atoms with van der Waals surface area (Å²) in [6.45, 7) is 9.95. The Kier molecular flexibility index (Phi) is 8.90. The summed E-state index contributed by atoms with van der Waals surface area (Å²) in [5, 5.41) is 22.9. The Morgan fingerprint density at radius 3 is 1.96 bits per heavy atom. The molecule has 45 heavy (non-hydrogen) atoms. The van der Waals surface area contributed by atoms with E-state index in [-0.39, 0.29) is 18.4 Å². The standard InChI is InChI=1S/C32H42O13/c1-17(33)41-22-15-30(8,39)32-14-21(29(6,7)45-32)23(44-27(37)28(4,5)38)25(43-19(3)35)31(32,24(22)42-18(2)34)16-40-26(36)20-12-10-9-11-13-20/h9-13,21-25,38-39H,14-16H2,1-8H3/t21-,22+,23-,24-,25-,30-,31-,32-/m0/s1. The van der Waals surface area contributed by atoms with Crippen molar-refractivity contribution in [2.75, 3.05) is 6.61 Å². The largest absolute Gasteiger partial charge is 0.461 e. The summed E-state index contributed by atoms with van der Waals surface area (Å²) in [4.78, 5) is 64.6. The van der Waals surface area contributed by atoms with Gasteiger partial charge in [-0.2, -0.15) is 0 Å². The summed E-state index contributed by atoms with van der Waals surface area (Å²) >= 11 is 0. The second kappa shape index (κ2) is 11.7. The Morgan fingerprint density at radius 1 is 0.867 bits per heavy atom. The lowest BCUT2D eigenvalue weighted by atomic mass is 9.47. The first-order chi connectivity index (χ1) is 20.7. The smallest absolute Gasteiger partial charge is 0.338 e. The van der Waals surface area contributed by atoms with Gasteiger partial charge in [0.25, 0.3) is 0 Å². The van der Waals surface area contributed by atoms with Gasteiger partial charge in [-0.05, 0) is 53.2 Å². The lowest BCUT2D eigenvalue weighted by Crippen LogP contribution is -2.81. The summed E-state index contributed by atoms with van der Waals surface area (Å²) in [5.74, 6) is -5.05. The molecule has 0 unspecified atom stereocenters. The number of carbonyl (C=O) groups excluding carboxylic acids is 5. The van der Waals surface area contributed by atoms with E-state index >= 15 is 0 Å². The summed E-state index contributed by atoms with van der Waals surface area (Å²) in [6.07, 6.45) is -6.22. The van der Waals surface area contributed by atoms with Crippen LogP contribution in [0.2, 0.25) is 0 Å². The van der Waals surface area contributed by atoms with Crippen molar-refractivity contribution in [2.45, 2.75) is 115 Å². The van der Waals surface area contributed by atoms with Gasteiger partial charge in [0.1, 0.15) is 29.8 Å². The first-order valence-corrected chi connectivity index (χ1v) is 14.8. The zero-order valence-electron chi connectivity index (χ0n) is 26.8. The molecular weight excluding hydrogens is 592 g/mol. The van der Waals surface area contributed by atoms with Crippen molar-refractivity contribution in [3.63, 3.8) is 0 Å². The van der Waals surface area contributed by atoms with Crippen molar-refractivity contribution in [3.05, 3.63) is 35.9 Å². The van der Waals surface area contributed by atoms with E-state index in [1.165, 1.54) is 32.9 Å². The average Bonchev–Trinajstić information content (AvgIpc) is 3.17. The van der Waals surface area contributed by atoms with E-state index in [1.807, 2.05) is 0 Å². The topological polar surface area (TPSA) is 181 Å². The lowest BCUT2D eigenvalue weighted by molar-refractivity contribution is -0.344. The molecule has 1 aliphatic heterocycles. The molecule has 2 N–H and O–H groups in total. The Hall–Kier alpha value is -3.55. The van der Waals surface area contributed by atoms with Gasteiger partial charge in [-0.15, -0.1) is 0 Å². The van der Waals surface area contributed by atoms with Crippen molar-refractivity contribution < 1.29 is 62.6 Å². The van der Waals surface area contributed by atoms with Crippen LogP contribution in [0, 0.1) is 11.3 Å². The highest BCUT2D eigenvalue weighted by Crippen LogP contribution is 2.69. The third-order valence-corrected chi connectivity index (χ3v) is 9.20. The number of rotatable bonds is 8. The van der Waals surface area contributed by atoms with Crippen LogP contribution in [0.1, 0.15) is 78.6 Å². The number of esters is 5. The number of ether oxygens (including phenoxy) is 6. The molecule has 4 rings (SSSR count). The van der Waals surface area contributed by atoms with Crippen molar-refractivity contribution >= 4 is 29.8 Å². The molecule has 1 spiro atoms. The van der Waals surface area contributed by atoms with Gasteiger partial charge in [0.05, 0.1) is 16.8 Å². The number of aliphatic hydroxyl groups is 2. The van der Waals surface area contributed by atoms with Crippen molar-refractivity contribution in [2.24, 2.45) is 11.3 Å². The minimum atomic E-state index is -2.04. The molecule has 13 heteroatoms. The minimum absolute atomic E-state index is 0.0536. The molecule has 1 heterocycles. The fourth-order valence-electron chi connectivity index (χ4n) is 7.43. The zero-order chi connectivity index (χ0) is 33.8. The monoisotopic (exact) mass is 634 g/mol. The highest BCUT2D eigenvalue weighted by molar-refractivity contribution is 5.89. The van der Waals surface area contributed by atoms with Crippen molar-refractivity contribution in [3.8, 4) is 0 Å². The fraction of sp³-hybridized carbons (Fsp3) is 0.656. The highest BCUT2D eigenvalue weighted by Gasteiger charge is 2.84. The van der Waals surface area contributed by atoms with Crippen LogP contribution in [0.4, 0.5) is 0 Å². The third-order valence-electron chi connectivity index (χ3n) is 9.20. The molecule has 1 aromatic carbocycles. The van der Waals surface area contributed by atoms with Crippen LogP contribution in [0.25, 0.3) is 0 Å². The van der Waals surface area contributed by atoms with Crippen LogP contribution in [-0.2, 0) is 47.6 Å². The Morgan fingerprint density at radius 2 is 1.42 bits per heavy atom. The second-order valence-corrected chi connectivity index (χ2v) is 13.4. The number of hydrogen-bond acceptors (Lipinski definition) is 13. The summed E-state index contributed by atoms with van der Waals surface area (Å²) in [5.41, 5.74) is -8.71. The van der Waals surface area contributed by atoms with Gasteiger partial charge >= 0.3 is 29.8 Å². The van der Waals surface area contributed by atoms with Gasteiger partial charge in [0.2, 0.25) is 0 Å². The summed E-state index contributed by atoms with van der Waals surface area (Å²) < 4.78 is 36.0. The molecule has 248 valence electrons. The van der Waals surface area contributed by atoms with Crippen LogP contribution in [0.15, 0.2) is 30.3 Å². The van der Waals surface area contributed by atoms with Gasteiger partial charge in [-0.25, -0.2) is 9.59 Å². The molecule has 3 fully saturated rings. The predicted octanol–water partition coefficient (Wildman–Crippen LogP) is 2.03. The van der Waals surface area contributed by atoms with Gasteiger partial charge < -0.3 is 38.6 Å². The van der Waals surface area contributed by atoms with E-state index in [4.69, 9.17) is 28.4 Å². The maximum atomic E-state index is 13.4. The molecule has 13 nitrogen and oxygen atoms in total. The lowest BCUT2D eigenvalue weighted by Gasteiger charge is -2.65. The fourth-order valence-corrected chi connectivity index (χ4v) is 7.43. The maximum Gasteiger partial charge on any atom is 0.338 e. The van der Waals surface area contributed by atoms with Gasteiger partial charge in [-0.1, -0.05) is 18.2 Å². The molecule has 2 aliphatic carbocycles. The van der Waals surface area contributed by atoms with E-state index in [0.29, 0.717) is 0 Å². The van der Waals surface area contributed by atoms with Crippen LogP contribution < -0.4 is 0 Å². The highest BCUT2D eigenvalue weighted by atomic mass is 16.6. The molecule has 1 saturated heterocycles. The van der Waals surface area contributed by atoms with E-state index in [9.17, 15) is 34.2 Å². The van der Waals surface area contributed by atoms with E-state index in [2.05, 4.69) is 0 Å². The maximum absolute atomic E-state index is 13.4. The summed E-state index contributed by atoms with van der Waals surface area (Å²) in [6, 6.07) is 7.99. The Balaban J connectivity index is 2.05. The molecule has 1 aromatic rings. The van der Waals surface area contributed by atoms with Gasteiger partial charge in [-0.3, -0.25) is 14.4 Å². The Labute approximate surface area is 261 Å². The van der Waals surface area contributed by atoms with Gasteiger partial charge in [0.15, 0.2) is 17.8 Å². The third kappa shape index (κ3) is 5.93. The van der Waals surface area contributed by atoms with Gasteiger partial charge in [0, 0.05) is 33.1 Å². The number of carbonyl (C=O) groups is 5. The van der Waals surface area contributed by atoms with Crippen LogP contribution in [0.5, 0.6) is 0 Å². The van der Waals surface area contributed by atoms with E-state index < -0.39 is 94.6 Å². The van der Waals surface area contributed by atoms with E-state index in [1.54, 1.807) is 32.0 Å². The molecule has 2 bridgehead atoms. The van der Waals surface area contributed by atoms with Crippen molar-refractivity contribution in [1.82, 2.24) is 0 Å². The molecule has 8 atom stereocenters. The SMILES string of the molecule is CC(=O)O[C@@H]1C[C@](C)(O)[C@@]23C[C@@H]([C@H](OC(=O)C(C)(C)O)[C@H](OC(C)=O)[C@]2(COC(=O)c2ccccc2)[C@H]1OC(C)=O)C(C)(C)O3. The number of hydrogen-bond donors (Lipinski definition) is 2. The zero-order valence-corrected chi connectivity index (χ0v) is 26.8. The number of benzene rings is 1. The summed E-state index contributed by atoms with van der Waals surface area (Å²) in [7, 11) is 0. The molecule has 0 radical (unpaired) electrons. The van der Waals surface area contributed by atoms with Crippen LogP contribution in [-0.4, -0.2) is 93.5 Å². The molecule has 2 saturated carbocycles. The first kappa shape index (κ1) is 34.3. The average molecular weight is 635 g/mol. The molecular formula is C32H42O13. The molecule has 0 amide bonds. The quantitative estimate of drug-likeness (QED) is 0.313. The first-order valence-electron chi connectivity index (χ1n) is 14.8. The second-order valence-electron chi connectivity index (χ2n) is 13.4. The minimum Gasteiger partial charge on any atom is -0.461 e. The van der Waals surface area contributed by atoms with Crippen LogP contribution >= 0.6 is 0 Å². The normalized spacial score (nSPS) is 34.9. The predicted molar refractivity (Wildman–Crippen MR) is 153 cm³/mol. The van der Waals surface area contributed by atoms with E-state index in [0.717, 1.165) is 20.8 Å². The molecule has 3 aliphatic rings. The van der Waals surface area contributed by atoms with Crippen LogP contribution in [0.3, 0.4) is 0 Å². The number of fused-ring (bicyclic) bond motifs is 1. The Bertz CT molecular complexity index is 1350. The van der Waals surface area contributed by atoms with Crippen molar-refractivity contribution in [1.29, 1.82) is 0 Å². The molecule has 0 aromatic heterocycles.